The minimum absolute atomic E-state index is 0.0978. The number of rotatable bonds is 5. The van der Waals surface area contributed by atoms with Crippen molar-refractivity contribution < 1.29 is 4.79 Å². The van der Waals surface area contributed by atoms with Gasteiger partial charge in [-0.15, -0.1) is 23.1 Å². The molecule has 5 nitrogen and oxygen atoms in total. The van der Waals surface area contributed by atoms with Gasteiger partial charge in [0.2, 0.25) is 5.91 Å². The van der Waals surface area contributed by atoms with E-state index in [0.29, 0.717) is 21.4 Å². The summed E-state index contributed by atoms with van der Waals surface area (Å²) in [5, 5.41) is 5.32. The van der Waals surface area contributed by atoms with Crippen LogP contribution >= 0.6 is 34.7 Å². The van der Waals surface area contributed by atoms with Gasteiger partial charge in [-0.2, -0.15) is 0 Å². The summed E-state index contributed by atoms with van der Waals surface area (Å²) in [6.45, 7) is 1.89. The lowest BCUT2D eigenvalue weighted by atomic mass is 10.2. The highest BCUT2D eigenvalue weighted by atomic mass is 35.5. The van der Waals surface area contributed by atoms with E-state index in [1.165, 1.54) is 33.6 Å². The molecule has 0 bridgehead atoms. The van der Waals surface area contributed by atoms with Gasteiger partial charge in [-0.05, 0) is 30.7 Å². The molecule has 124 valence electrons. The van der Waals surface area contributed by atoms with E-state index >= 15 is 0 Å². The molecule has 1 N–H and O–H groups in total. The Balaban J connectivity index is 1.57. The fraction of sp³-hybridized carbons (Fsp3) is 0.188. The van der Waals surface area contributed by atoms with Crippen molar-refractivity contribution in [3.63, 3.8) is 0 Å². The van der Waals surface area contributed by atoms with Crippen LogP contribution < -0.4 is 10.9 Å². The molecule has 0 radical (unpaired) electrons. The first-order valence-electron chi connectivity index (χ1n) is 7.12. The first-order valence-corrected chi connectivity index (χ1v) is 9.54. The Hall–Kier alpha value is -1.83. The van der Waals surface area contributed by atoms with Gasteiger partial charge in [0.15, 0.2) is 4.96 Å². The van der Waals surface area contributed by atoms with Crippen LogP contribution in [0.25, 0.3) is 4.96 Å². The number of nitrogens with one attached hydrogen (secondary N) is 1. The van der Waals surface area contributed by atoms with Crippen molar-refractivity contribution in [1.82, 2.24) is 9.38 Å². The number of thioether (sulfide) groups is 1. The van der Waals surface area contributed by atoms with E-state index in [4.69, 9.17) is 11.6 Å². The van der Waals surface area contributed by atoms with Crippen molar-refractivity contribution in [1.29, 1.82) is 0 Å². The van der Waals surface area contributed by atoms with Crippen molar-refractivity contribution in [2.75, 3.05) is 11.1 Å². The summed E-state index contributed by atoms with van der Waals surface area (Å²) in [5.41, 5.74) is 2.25. The lowest BCUT2D eigenvalue weighted by molar-refractivity contribution is -0.113. The van der Waals surface area contributed by atoms with Crippen molar-refractivity contribution in [2.45, 2.75) is 12.7 Å². The number of nitrogens with zero attached hydrogens (tertiary/aromatic N) is 2. The van der Waals surface area contributed by atoms with Crippen molar-refractivity contribution in [2.24, 2.45) is 0 Å². The Kier molecular flexibility index (Phi) is 5.23. The molecule has 1 amide bonds. The fourth-order valence-electron chi connectivity index (χ4n) is 2.16. The van der Waals surface area contributed by atoms with Crippen LogP contribution in [0.3, 0.4) is 0 Å². The molecule has 0 saturated heterocycles. The smallest absolute Gasteiger partial charge is 0.258 e. The summed E-state index contributed by atoms with van der Waals surface area (Å²) in [7, 11) is 0. The number of fused-ring (bicyclic) bond motifs is 1. The van der Waals surface area contributed by atoms with Crippen LogP contribution in [0.4, 0.5) is 5.69 Å². The second-order valence-electron chi connectivity index (χ2n) is 5.14. The summed E-state index contributed by atoms with van der Waals surface area (Å²) >= 11 is 8.73. The zero-order valence-electron chi connectivity index (χ0n) is 12.8. The lowest BCUT2D eigenvalue weighted by Crippen LogP contribution is -2.16. The van der Waals surface area contributed by atoms with Gasteiger partial charge in [0.25, 0.3) is 5.56 Å². The predicted octanol–water partition coefficient (Wildman–Crippen LogP) is 3.59. The van der Waals surface area contributed by atoms with E-state index in [-0.39, 0.29) is 17.2 Å². The molecule has 0 aliphatic carbocycles. The summed E-state index contributed by atoms with van der Waals surface area (Å²) in [6, 6.07) is 6.84. The molecule has 3 aromatic rings. The number of aryl methyl sites for hydroxylation is 1. The Labute approximate surface area is 151 Å². The monoisotopic (exact) mass is 379 g/mol. The molecule has 0 spiro atoms. The SMILES string of the molecule is Cc1cc(Cl)ccc1NC(=O)CSCc1cc(=O)n2ccsc2n1. The highest BCUT2D eigenvalue weighted by Crippen LogP contribution is 2.20. The van der Waals surface area contributed by atoms with E-state index in [2.05, 4.69) is 10.3 Å². The van der Waals surface area contributed by atoms with E-state index in [9.17, 15) is 9.59 Å². The Morgan fingerprint density at radius 1 is 1.42 bits per heavy atom. The van der Waals surface area contributed by atoms with Gasteiger partial charge in [0.1, 0.15) is 0 Å². The minimum atomic E-state index is -0.0990. The molecule has 2 heterocycles. The molecule has 2 aromatic heterocycles. The number of aromatic nitrogens is 2. The zero-order chi connectivity index (χ0) is 17.1. The Morgan fingerprint density at radius 2 is 2.25 bits per heavy atom. The van der Waals surface area contributed by atoms with Crippen LogP contribution in [0.5, 0.6) is 0 Å². The topological polar surface area (TPSA) is 63.5 Å². The maximum atomic E-state index is 12.0. The van der Waals surface area contributed by atoms with Gasteiger partial charge >= 0.3 is 0 Å². The van der Waals surface area contributed by atoms with Crippen LogP contribution in [-0.2, 0) is 10.5 Å². The zero-order valence-corrected chi connectivity index (χ0v) is 15.2. The number of anilines is 1. The summed E-state index contributed by atoms with van der Waals surface area (Å²) in [6.07, 6.45) is 1.70. The van der Waals surface area contributed by atoms with Gasteiger partial charge in [-0.3, -0.25) is 14.0 Å². The van der Waals surface area contributed by atoms with Crippen LogP contribution in [0.15, 0.2) is 40.6 Å². The number of amides is 1. The minimum Gasteiger partial charge on any atom is -0.325 e. The van der Waals surface area contributed by atoms with E-state index in [1.807, 2.05) is 12.3 Å². The van der Waals surface area contributed by atoms with Gasteiger partial charge in [0, 0.05) is 34.1 Å². The van der Waals surface area contributed by atoms with Gasteiger partial charge in [-0.1, -0.05) is 11.6 Å². The molecule has 0 atom stereocenters. The Bertz CT molecular complexity index is 952. The van der Waals surface area contributed by atoms with E-state index in [0.717, 1.165) is 11.3 Å². The first kappa shape index (κ1) is 17.0. The normalized spacial score (nSPS) is 10.9. The number of thiazole rings is 1. The second-order valence-corrected chi connectivity index (χ2v) is 7.44. The maximum absolute atomic E-state index is 12.0. The highest BCUT2D eigenvalue weighted by molar-refractivity contribution is 7.99. The first-order chi connectivity index (χ1) is 11.5. The van der Waals surface area contributed by atoms with Crippen molar-refractivity contribution in [3.8, 4) is 0 Å². The molecule has 8 heteroatoms. The van der Waals surface area contributed by atoms with Gasteiger partial charge in [0.05, 0.1) is 11.4 Å². The van der Waals surface area contributed by atoms with Crippen LogP contribution in [-0.4, -0.2) is 21.0 Å². The third kappa shape index (κ3) is 3.98. The van der Waals surface area contributed by atoms with Gasteiger partial charge in [-0.25, -0.2) is 4.98 Å². The number of benzene rings is 1. The third-order valence-electron chi connectivity index (χ3n) is 3.30. The molecule has 0 aliphatic rings. The predicted molar refractivity (Wildman–Crippen MR) is 100 cm³/mol. The van der Waals surface area contributed by atoms with Crippen LogP contribution in [0.1, 0.15) is 11.3 Å². The number of hydrogen-bond acceptors (Lipinski definition) is 5. The number of halogens is 1. The average molecular weight is 380 g/mol. The Morgan fingerprint density at radius 3 is 3.04 bits per heavy atom. The molecule has 0 aliphatic heterocycles. The molecule has 3 rings (SSSR count). The number of hydrogen-bond donors (Lipinski definition) is 1. The molecule has 0 unspecified atom stereocenters. The van der Waals surface area contributed by atoms with Crippen molar-refractivity contribution >= 4 is 51.3 Å². The van der Waals surface area contributed by atoms with Crippen LogP contribution in [0, 0.1) is 6.92 Å². The molecule has 1 aromatic carbocycles. The molecular formula is C16H14ClN3O2S2. The van der Waals surface area contributed by atoms with Gasteiger partial charge < -0.3 is 5.32 Å². The average Bonchev–Trinajstić information content (AvgIpc) is 2.99. The maximum Gasteiger partial charge on any atom is 0.258 e. The third-order valence-corrected chi connectivity index (χ3v) is 5.26. The summed E-state index contributed by atoms with van der Waals surface area (Å²) in [4.78, 5) is 29.0. The standard InChI is InChI=1S/C16H14ClN3O2S2/c1-10-6-11(17)2-3-13(10)19-14(21)9-23-8-12-7-15(22)20-4-5-24-16(20)18-12/h2-7H,8-9H2,1H3,(H,19,21). The quantitative estimate of drug-likeness (QED) is 0.735. The van der Waals surface area contributed by atoms with Crippen molar-refractivity contribution in [3.05, 3.63) is 62.5 Å². The van der Waals surface area contributed by atoms with Crippen LogP contribution in [0.2, 0.25) is 5.02 Å². The lowest BCUT2D eigenvalue weighted by Gasteiger charge is -2.08. The largest absolute Gasteiger partial charge is 0.325 e. The second kappa shape index (κ2) is 7.38. The number of carbonyl (C=O) groups excluding carboxylic acids is 1. The molecular weight excluding hydrogens is 366 g/mol. The molecule has 0 fully saturated rings. The van der Waals surface area contributed by atoms with E-state index < -0.39 is 0 Å². The number of carbonyl (C=O) groups is 1. The fourth-order valence-corrected chi connectivity index (χ4v) is 3.85. The summed E-state index contributed by atoms with van der Waals surface area (Å²) < 4.78 is 1.51. The summed E-state index contributed by atoms with van der Waals surface area (Å²) in [5.74, 6) is 0.698. The highest BCUT2D eigenvalue weighted by Gasteiger charge is 2.08. The molecule has 24 heavy (non-hydrogen) atoms. The van der Waals surface area contributed by atoms with E-state index in [1.54, 1.807) is 24.4 Å². The molecule has 0 saturated carbocycles.